The average Bonchev–Trinajstić information content (AvgIpc) is 2.65. The van der Waals surface area contributed by atoms with Crippen LogP contribution in [0, 0.1) is 0 Å². The third-order valence-electron chi connectivity index (χ3n) is 3.66. The molecule has 1 fully saturated rings. The molecule has 18 heavy (non-hydrogen) atoms. The minimum absolute atomic E-state index is 0.658. The zero-order valence-electron chi connectivity index (χ0n) is 10.6. The lowest BCUT2D eigenvalue weighted by molar-refractivity contribution is -0.131. The van der Waals surface area contributed by atoms with Crippen molar-refractivity contribution in [3.8, 4) is 0 Å². The normalized spacial score (nSPS) is 17.8. The molecule has 0 saturated heterocycles. The van der Waals surface area contributed by atoms with Crippen molar-refractivity contribution < 1.29 is 9.90 Å². The van der Waals surface area contributed by atoms with Crippen LogP contribution in [0.15, 0.2) is 30.3 Å². The van der Waals surface area contributed by atoms with E-state index >= 15 is 0 Å². The minimum Gasteiger partial charge on any atom is -0.478 e. The van der Waals surface area contributed by atoms with Gasteiger partial charge in [-0.1, -0.05) is 49.9 Å². The molecule has 0 spiro atoms. The van der Waals surface area contributed by atoms with Gasteiger partial charge in [0.15, 0.2) is 0 Å². The van der Waals surface area contributed by atoms with Crippen molar-refractivity contribution in [3.05, 3.63) is 41.5 Å². The van der Waals surface area contributed by atoms with Crippen molar-refractivity contribution in [1.82, 2.24) is 0 Å². The van der Waals surface area contributed by atoms with E-state index in [4.69, 9.17) is 5.11 Å². The molecule has 96 valence electrons. The van der Waals surface area contributed by atoms with Gasteiger partial charge in [-0.25, -0.2) is 4.79 Å². The Hall–Kier alpha value is -1.57. The Kier molecular flexibility index (Phi) is 4.57. The van der Waals surface area contributed by atoms with Crippen LogP contribution in [-0.2, 0) is 4.79 Å². The molecule has 0 bridgehead atoms. The summed E-state index contributed by atoms with van der Waals surface area (Å²) < 4.78 is 0. The summed E-state index contributed by atoms with van der Waals surface area (Å²) >= 11 is 0. The van der Waals surface area contributed by atoms with Gasteiger partial charge in [0.25, 0.3) is 0 Å². The maximum atomic E-state index is 10.5. The summed E-state index contributed by atoms with van der Waals surface area (Å²) in [4.78, 5) is 10.5. The van der Waals surface area contributed by atoms with E-state index < -0.39 is 5.97 Å². The van der Waals surface area contributed by atoms with E-state index in [-0.39, 0.29) is 0 Å². The van der Waals surface area contributed by atoms with Crippen molar-refractivity contribution in [1.29, 1.82) is 0 Å². The first-order valence-electron chi connectivity index (χ1n) is 6.76. The van der Waals surface area contributed by atoms with E-state index in [2.05, 4.69) is 12.1 Å². The van der Waals surface area contributed by atoms with E-state index in [0.717, 1.165) is 5.56 Å². The van der Waals surface area contributed by atoms with Gasteiger partial charge in [-0.2, -0.15) is 0 Å². The van der Waals surface area contributed by atoms with Gasteiger partial charge in [0, 0.05) is 6.08 Å². The van der Waals surface area contributed by atoms with Crippen LogP contribution in [0.25, 0.3) is 6.08 Å². The van der Waals surface area contributed by atoms with Crippen molar-refractivity contribution in [2.24, 2.45) is 0 Å². The first-order valence-corrected chi connectivity index (χ1v) is 6.76. The maximum absolute atomic E-state index is 10.5. The molecular weight excluding hydrogens is 224 g/mol. The van der Waals surface area contributed by atoms with Gasteiger partial charge in [-0.15, -0.1) is 0 Å². The summed E-state index contributed by atoms with van der Waals surface area (Å²) in [5, 5.41) is 8.64. The molecular formula is C16H20O2. The molecule has 0 radical (unpaired) electrons. The van der Waals surface area contributed by atoms with E-state index in [1.165, 1.54) is 50.2 Å². The fourth-order valence-corrected chi connectivity index (χ4v) is 2.70. The number of carboxylic acids is 1. The number of rotatable bonds is 3. The quantitative estimate of drug-likeness (QED) is 0.638. The standard InChI is InChI=1S/C16H20O2/c17-16(18)11-10-13-6-5-9-15(12-13)14-7-3-1-2-4-8-14/h5-6,9-12,14H,1-4,7-8H2,(H,17,18). The van der Waals surface area contributed by atoms with Gasteiger partial charge in [0.2, 0.25) is 0 Å². The fraction of sp³-hybridized carbons (Fsp3) is 0.438. The minimum atomic E-state index is -0.894. The molecule has 1 aromatic rings. The second kappa shape index (κ2) is 6.39. The molecule has 1 aliphatic rings. The third kappa shape index (κ3) is 3.73. The Bertz CT molecular complexity index is 426. The Morgan fingerprint density at radius 1 is 1.17 bits per heavy atom. The molecule has 2 rings (SSSR count). The summed E-state index contributed by atoms with van der Waals surface area (Å²) in [6.45, 7) is 0. The second-order valence-electron chi connectivity index (χ2n) is 5.03. The Labute approximate surface area is 108 Å². The highest BCUT2D eigenvalue weighted by molar-refractivity contribution is 5.85. The number of hydrogen-bond acceptors (Lipinski definition) is 1. The van der Waals surface area contributed by atoms with Crippen molar-refractivity contribution in [2.45, 2.75) is 44.4 Å². The zero-order chi connectivity index (χ0) is 12.8. The van der Waals surface area contributed by atoms with Gasteiger partial charge >= 0.3 is 5.97 Å². The molecule has 0 unspecified atom stereocenters. The van der Waals surface area contributed by atoms with Crippen molar-refractivity contribution in [3.63, 3.8) is 0 Å². The summed E-state index contributed by atoms with van der Waals surface area (Å²) in [6.07, 6.45) is 10.8. The van der Waals surface area contributed by atoms with Crippen LogP contribution in [0.4, 0.5) is 0 Å². The zero-order valence-corrected chi connectivity index (χ0v) is 10.6. The van der Waals surface area contributed by atoms with Crippen LogP contribution in [0.2, 0.25) is 0 Å². The molecule has 0 aliphatic heterocycles. The number of aliphatic carboxylic acids is 1. The molecule has 1 saturated carbocycles. The van der Waals surface area contributed by atoms with Crippen LogP contribution >= 0.6 is 0 Å². The first kappa shape index (κ1) is 12.9. The average molecular weight is 244 g/mol. The first-order chi connectivity index (χ1) is 8.75. The highest BCUT2D eigenvalue weighted by atomic mass is 16.4. The summed E-state index contributed by atoms with van der Waals surface area (Å²) in [5.74, 6) is -0.236. The Morgan fingerprint density at radius 3 is 2.56 bits per heavy atom. The number of hydrogen-bond donors (Lipinski definition) is 1. The van der Waals surface area contributed by atoms with E-state index in [0.29, 0.717) is 5.92 Å². The largest absolute Gasteiger partial charge is 0.478 e. The molecule has 2 nitrogen and oxygen atoms in total. The van der Waals surface area contributed by atoms with Gasteiger partial charge in [-0.05, 0) is 36.0 Å². The van der Waals surface area contributed by atoms with Crippen LogP contribution in [-0.4, -0.2) is 11.1 Å². The predicted molar refractivity (Wildman–Crippen MR) is 73.6 cm³/mol. The van der Waals surface area contributed by atoms with Crippen LogP contribution in [0.1, 0.15) is 55.6 Å². The highest BCUT2D eigenvalue weighted by Gasteiger charge is 2.14. The number of benzene rings is 1. The third-order valence-corrected chi connectivity index (χ3v) is 3.66. The lowest BCUT2D eigenvalue weighted by atomic mass is 9.91. The molecule has 1 N–H and O–H groups in total. The Morgan fingerprint density at radius 2 is 1.89 bits per heavy atom. The summed E-state index contributed by atoms with van der Waals surface area (Å²) in [6, 6.07) is 8.30. The molecule has 0 aromatic heterocycles. The van der Waals surface area contributed by atoms with Crippen LogP contribution in [0.3, 0.4) is 0 Å². The summed E-state index contributed by atoms with van der Waals surface area (Å²) in [7, 11) is 0. The molecule has 1 aromatic carbocycles. The lowest BCUT2D eigenvalue weighted by Gasteiger charge is -2.14. The topological polar surface area (TPSA) is 37.3 Å². The maximum Gasteiger partial charge on any atom is 0.328 e. The molecule has 0 amide bonds. The molecule has 2 heteroatoms. The van der Waals surface area contributed by atoms with Crippen LogP contribution in [0.5, 0.6) is 0 Å². The SMILES string of the molecule is O=C(O)C=Cc1cccc(C2CCCCCC2)c1. The van der Waals surface area contributed by atoms with Crippen molar-refractivity contribution >= 4 is 12.0 Å². The fourth-order valence-electron chi connectivity index (χ4n) is 2.70. The smallest absolute Gasteiger partial charge is 0.328 e. The van der Waals surface area contributed by atoms with E-state index in [9.17, 15) is 4.79 Å². The Balaban J connectivity index is 2.12. The van der Waals surface area contributed by atoms with Gasteiger partial charge in [0.05, 0.1) is 0 Å². The molecule has 1 aliphatic carbocycles. The van der Waals surface area contributed by atoms with Crippen molar-refractivity contribution in [2.75, 3.05) is 0 Å². The van der Waals surface area contributed by atoms with Crippen LogP contribution < -0.4 is 0 Å². The highest BCUT2D eigenvalue weighted by Crippen LogP contribution is 2.31. The number of carbonyl (C=O) groups is 1. The van der Waals surface area contributed by atoms with Gasteiger partial charge in [0.1, 0.15) is 0 Å². The second-order valence-corrected chi connectivity index (χ2v) is 5.03. The van der Waals surface area contributed by atoms with Gasteiger partial charge in [-0.3, -0.25) is 0 Å². The van der Waals surface area contributed by atoms with E-state index in [1.54, 1.807) is 6.08 Å². The lowest BCUT2D eigenvalue weighted by Crippen LogP contribution is -1.97. The molecule has 0 heterocycles. The number of carboxylic acid groups (broad SMARTS) is 1. The molecule has 0 atom stereocenters. The predicted octanol–water partition coefficient (Wildman–Crippen LogP) is 4.22. The summed E-state index contributed by atoms with van der Waals surface area (Å²) in [5.41, 5.74) is 2.35. The van der Waals surface area contributed by atoms with Gasteiger partial charge < -0.3 is 5.11 Å². The monoisotopic (exact) mass is 244 g/mol. The van der Waals surface area contributed by atoms with E-state index in [1.807, 2.05) is 12.1 Å².